The minimum absolute atomic E-state index is 0.927. The molecule has 1 rings (SSSR count). The van der Waals surface area contributed by atoms with E-state index in [1.165, 1.54) is 30.8 Å². The Morgan fingerprint density at radius 3 is 2.55 bits per heavy atom. The maximum absolute atomic E-state index is 2.39. The van der Waals surface area contributed by atoms with Crippen LogP contribution in [0.2, 0.25) is 0 Å². The van der Waals surface area contributed by atoms with Gasteiger partial charge in [0.05, 0.1) is 4.58 Å². The highest BCUT2D eigenvalue weighted by Gasteiger charge is 2.18. The van der Waals surface area contributed by atoms with Crippen molar-refractivity contribution in [2.24, 2.45) is 5.92 Å². The lowest BCUT2D eigenvalue weighted by molar-refractivity contribution is 0.506. The van der Waals surface area contributed by atoms with Crippen LogP contribution in [0.3, 0.4) is 0 Å². The van der Waals surface area contributed by atoms with Crippen molar-refractivity contribution in [3.05, 3.63) is 0 Å². The third-order valence-corrected chi connectivity index (χ3v) is 5.15. The van der Waals surface area contributed by atoms with E-state index in [1.807, 2.05) is 0 Å². The molecule has 0 radical (unpaired) electrons. The largest absolute Gasteiger partial charge is 0.147 e. The van der Waals surface area contributed by atoms with Crippen LogP contribution in [0, 0.1) is 5.92 Å². The maximum atomic E-state index is 2.39. The van der Waals surface area contributed by atoms with Crippen molar-refractivity contribution in [3.63, 3.8) is 0 Å². The highest BCUT2D eigenvalue weighted by molar-refractivity contribution is 8.20. The molecule has 1 fully saturated rings. The van der Waals surface area contributed by atoms with E-state index in [4.69, 9.17) is 0 Å². The zero-order chi connectivity index (χ0) is 8.10. The van der Waals surface area contributed by atoms with Crippen LogP contribution in [0.4, 0.5) is 0 Å². The molecule has 0 nitrogen and oxygen atoms in total. The SMILES string of the molecule is CCCC(C)CC1SCCS1. The van der Waals surface area contributed by atoms with Crippen LogP contribution in [0.5, 0.6) is 0 Å². The summed E-state index contributed by atoms with van der Waals surface area (Å²) in [5.41, 5.74) is 0. The van der Waals surface area contributed by atoms with Gasteiger partial charge in [0.15, 0.2) is 0 Å². The highest BCUT2D eigenvalue weighted by Crippen LogP contribution is 2.36. The van der Waals surface area contributed by atoms with Gasteiger partial charge in [-0.05, 0) is 12.3 Å². The summed E-state index contributed by atoms with van der Waals surface area (Å²) in [5, 5.41) is 0. The average Bonchev–Trinajstić information content (AvgIpc) is 2.40. The maximum Gasteiger partial charge on any atom is 0.0505 e. The van der Waals surface area contributed by atoms with Gasteiger partial charge >= 0.3 is 0 Å². The summed E-state index contributed by atoms with van der Waals surface area (Å²) in [7, 11) is 0. The van der Waals surface area contributed by atoms with Crippen LogP contribution in [0.1, 0.15) is 33.1 Å². The normalized spacial score (nSPS) is 22.4. The number of thioether (sulfide) groups is 2. The van der Waals surface area contributed by atoms with Gasteiger partial charge in [0.2, 0.25) is 0 Å². The van der Waals surface area contributed by atoms with Crippen molar-refractivity contribution in [2.45, 2.75) is 37.7 Å². The van der Waals surface area contributed by atoms with Gasteiger partial charge in [0.25, 0.3) is 0 Å². The lowest BCUT2D eigenvalue weighted by Crippen LogP contribution is -2.01. The monoisotopic (exact) mass is 190 g/mol. The van der Waals surface area contributed by atoms with Gasteiger partial charge in [-0.15, -0.1) is 23.5 Å². The van der Waals surface area contributed by atoms with Crippen LogP contribution in [-0.4, -0.2) is 16.1 Å². The molecule has 0 aromatic heterocycles. The molecule has 1 heterocycles. The second-order valence-corrected chi connectivity index (χ2v) is 6.22. The first-order chi connectivity index (χ1) is 5.33. The van der Waals surface area contributed by atoms with E-state index in [-0.39, 0.29) is 0 Å². The van der Waals surface area contributed by atoms with Gasteiger partial charge in [-0.2, -0.15) is 0 Å². The van der Waals surface area contributed by atoms with E-state index in [1.54, 1.807) is 0 Å². The molecule has 0 spiro atoms. The molecular weight excluding hydrogens is 172 g/mol. The predicted octanol–water partition coefficient (Wildman–Crippen LogP) is 3.62. The van der Waals surface area contributed by atoms with Gasteiger partial charge in [-0.3, -0.25) is 0 Å². The molecule has 1 atom stereocenters. The minimum Gasteiger partial charge on any atom is -0.147 e. The van der Waals surface area contributed by atoms with Gasteiger partial charge in [-0.25, -0.2) is 0 Å². The summed E-state index contributed by atoms with van der Waals surface area (Å²) in [6.07, 6.45) is 4.20. The average molecular weight is 190 g/mol. The molecule has 0 saturated carbocycles. The van der Waals surface area contributed by atoms with Crippen molar-refractivity contribution in [1.29, 1.82) is 0 Å². The molecule has 0 amide bonds. The smallest absolute Gasteiger partial charge is 0.0505 e. The predicted molar refractivity (Wildman–Crippen MR) is 57.4 cm³/mol. The number of hydrogen-bond acceptors (Lipinski definition) is 2. The summed E-state index contributed by atoms with van der Waals surface area (Å²) in [5.74, 6) is 3.71. The first-order valence-electron chi connectivity index (χ1n) is 4.56. The van der Waals surface area contributed by atoms with Crippen molar-refractivity contribution in [3.8, 4) is 0 Å². The van der Waals surface area contributed by atoms with Crippen LogP contribution in [0.25, 0.3) is 0 Å². The van der Waals surface area contributed by atoms with Crippen molar-refractivity contribution in [2.75, 3.05) is 11.5 Å². The first-order valence-corrected chi connectivity index (χ1v) is 6.66. The molecule has 0 N–H and O–H groups in total. The molecule has 1 aliphatic rings. The molecule has 66 valence electrons. The third-order valence-electron chi connectivity index (χ3n) is 2.07. The zero-order valence-electron chi connectivity index (χ0n) is 7.51. The Morgan fingerprint density at radius 1 is 1.36 bits per heavy atom. The Kier molecular flexibility index (Phi) is 4.77. The van der Waals surface area contributed by atoms with E-state index in [2.05, 4.69) is 37.4 Å². The second-order valence-electron chi connectivity index (χ2n) is 3.30. The molecule has 1 aliphatic heterocycles. The number of rotatable bonds is 4. The molecule has 0 aromatic rings. The zero-order valence-corrected chi connectivity index (χ0v) is 9.14. The van der Waals surface area contributed by atoms with Crippen molar-refractivity contribution >= 4 is 23.5 Å². The lowest BCUT2D eigenvalue weighted by Gasteiger charge is -2.13. The van der Waals surface area contributed by atoms with E-state index < -0.39 is 0 Å². The third kappa shape index (κ3) is 3.75. The van der Waals surface area contributed by atoms with Crippen LogP contribution in [0.15, 0.2) is 0 Å². The first kappa shape index (κ1) is 9.79. The molecule has 11 heavy (non-hydrogen) atoms. The topological polar surface area (TPSA) is 0 Å². The molecule has 1 unspecified atom stereocenters. The van der Waals surface area contributed by atoms with E-state index in [9.17, 15) is 0 Å². The summed E-state index contributed by atoms with van der Waals surface area (Å²) in [4.78, 5) is 0. The summed E-state index contributed by atoms with van der Waals surface area (Å²) in [6.45, 7) is 4.67. The summed E-state index contributed by atoms with van der Waals surface area (Å²) >= 11 is 4.32. The highest BCUT2D eigenvalue weighted by atomic mass is 32.2. The summed E-state index contributed by atoms with van der Waals surface area (Å²) in [6, 6.07) is 0. The quantitative estimate of drug-likeness (QED) is 0.664. The fraction of sp³-hybridized carbons (Fsp3) is 1.00. The number of hydrogen-bond donors (Lipinski definition) is 0. The standard InChI is InChI=1S/C9H18S2/c1-3-4-8(2)7-9-10-5-6-11-9/h8-9H,3-7H2,1-2H3. The fourth-order valence-electron chi connectivity index (χ4n) is 1.48. The van der Waals surface area contributed by atoms with Crippen molar-refractivity contribution in [1.82, 2.24) is 0 Å². The van der Waals surface area contributed by atoms with E-state index in [0.717, 1.165) is 10.5 Å². The molecular formula is C9H18S2. The Labute approximate surface area is 78.9 Å². The second kappa shape index (κ2) is 5.36. The van der Waals surface area contributed by atoms with Gasteiger partial charge in [-0.1, -0.05) is 26.7 Å². The molecule has 2 heteroatoms. The Bertz CT molecular complexity index is 97.7. The summed E-state index contributed by atoms with van der Waals surface area (Å²) < 4.78 is 0.927. The van der Waals surface area contributed by atoms with Gasteiger partial charge < -0.3 is 0 Å². The minimum atomic E-state index is 0.927. The Hall–Kier alpha value is 0.700. The molecule has 1 saturated heterocycles. The lowest BCUT2D eigenvalue weighted by atomic mass is 10.0. The molecule has 0 aromatic carbocycles. The van der Waals surface area contributed by atoms with Crippen molar-refractivity contribution < 1.29 is 0 Å². The van der Waals surface area contributed by atoms with Gasteiger partial charge in [0, 0.05) is 11.5 Å². The Balaban J connectivity index is 2.08. The van der Waals surface area contributed by atoms with Crippen LogP contribution < -0.4 is 0 Å². The van der Waals surface area contributed by atoms with Crippen LogP contribution in [-0.2, 0) is 0 Å². The van der Waals surface area contributed by atoms with E-state index in [0.29, 0.717) is 0 Å². The Morgan fingerprint density at radius 2 is 2.00 bits per heavy atom. The molecule has 0 bridgehead atoms. The fourth-order valence-corrected chi connectivity index (χ4v) is 4.67. The van der Waals surface area contributed by atoms with Crippen LogP contribution >= 0.6 is 23.5 Å². The van der Waals surface area contributed by atoms with Gasteiger partial charge in [0.1, 0.15) is 0 Å². The molecule has 0 aliphatic carbocycles. The van der Waals surface area contributed by atoms with E-state index >= 15 is 0 Å².